The van der Waals surface area contributed by atoms with Gasteiger partial charge in [-0.3, -0.25) is 0 Å². The normalized spacial score (nSPS) is 12.5. The summed E-state index contributed by atoms with van der Waals surface area (Å²) in [4.78, 5) is 10.4. The van der Waals surface area contributed by atoms with Crippen LogP contribution in [0.4, 0.5) is 18.0 Å². The molecule has 0 radical (unpaired) electrons. The number of ether oxygens (including phenoxy) is 1. The van der Waals surface area contributed by atoms with E-state index in [2.05, 4.69) is 4.74 Å². The molecule has 0 bridgehead atoms. The molecule has 12 heavy (non-hydrogen) atoms. The number of rotatable bonds is 0. The van der Waals surface area contributed by atoms with Gasteiger partial charge >= 0.3 is 12.5 Å². The first kappa shape index (κ1) is 11.1. The number of halogens is 3. The minimum absolute atomic E-state index is 0.734. The van der Waals surface area contributed by atoms with Crippen LogP contribution in [-0.4, -0.2) is 18.0 Å². The predicted octanol–water partition coefficient (Wildman–Crippen LogP) is 2.03. The van der Waals surface area contributed by atoms with Gasteiger partial charge in [-0.25, -0.2) is 4.79 Å². The summed E-state index contributed by atoms with van der Waals surface area (Å²) in [7, 11) is 0. The third-order valence-corrected chi connectivity index (χ3v) is 0.685. The third-order valence-electron chi connectivity index (χ3n) is 0.685. The molecule has 0 aromatic carbocycles. The zero-order chi connectivity index (χ0) is 9.99. The molecular formula is C6H10F3NO2. The number of carbonyl (C=O) groups excluding carboxylic acids is 1. The Morgan fingerprint density at radius 1 is 1.25 bits per heavy atom. The van der Waals surface area contributed by atoms with Gasteiger partial charge in [0.1, 0.15) is 0 Å². The molecule has 0 saturated heterocycles. The van der Waals surface area contributed by atoms with Gasteiger partial charge in [0, 0.05) is 5.54 Å². The first-order valence-electron chi connectivity index (χ1n) is 3.18. The van der Waals surface area contributed by atoms with Crippen molar-refractivity contribution in [1.29, 1.82) is 0 Å². The number of hydrogen-bond acceptors (Lipinski definition) is 2. The van der Waals surface area contributed by atoms with Crippen molar-refractivity contribution in [1.82, 2.24) is 5.32 Å². The van der Waals surface area contributed by atoms with Gasteiger partial charge in [0.15, 0.2) is 0 Å². The van der Waals surface area contributed by atoms with Crippen LogP contribution in [0, 0.1) is 0 Å². The summed E-state index contributed by atoms with van der Waals surface area (Å²) in [6.07, 6.45) is -6.41. The van der Waals surface area contributed by atoms with Crippen LogP contribution in [-0.2, 0) is 4.74 Å². The van der Waals surface area contributed by atoms with Gasteiger partial charge < -0.3 is 10.1 Å². The smallest absolute Gasteiger partial charge is 0.356 e. The van der Waals surface area contributed by atoms with Gasteiger partial charge in [-0.1, -0.05) is 0 Å². The summed E-state index contributed by atoms with van der Waals surface area (Å²) in [6, 6.07) is 0. The molecule has 1 N–H and O–H groups in total. The van der Waals surface area contributed by atoms with Crippen molar-refractivity contribution in [2.75, 3.05) is 0 Å². The van der Waals surface area contributed by atoms with Gasteiger partial charge in [0.25, 0.3) is 0 Å². The Bertz CT molecular complexity index is 153. The number of alkyl carbamates (subject to hydrolysis) is 1. The molecule has 0 aromatic rings. The van der Waals surface area contributed by atoms with E-state index >= 15 is 0 Å². The molecule has 0 atom stereocenters. The van der Waals surface area contributed by atoms with Crippen molar-refractivity contribution in [3.63, 3.8) is 0 Å². The Morgan fingerprint density at radius 3 is 1.92 bits per heavy atom. The fourth-order valence-corrected chi connectivity index (χ4v) is 0.437. The fraction of sp³-hybridized carbons (Fsp3) is 0.833. The predicted molar refractivity (Wildman–Crippen MR) is 35.4 cm³/mol. The average Bonchev–Trinajstić information content (AvgIpc) is 1.49. The molecule has 0 aliphatic rings. The van der Waals surface area contributed by atoms with E-state index < -0.39 is 18.0 Å². The molecule has 0 spiro atoms. The number of hydrogen-bond donors (Lipinski definition) is 1. The Balaban J connectivity index is 3.92. The summed E-state index contributed by atoms with van der Waals surface area (Å²) >= 11 is 0. The van der Waals surface area contributed by atoms with E-state index in [1.807, 2.05) is 5.32 Å². The average molecular weight is 185 g/mol. The van der Waals surface area contributed by atoms with Crippen LogP contribution in [0.2, 0.25) is 0 Å². The van der Waals surface area contributed by atoms with Crippen LogP contribution < -0.4 is 5.32 Å². The highest BCUT2D eigenvalue weighted by Crippen LogP contribution is 2.16. The first-order valence-corrected chi connectivity index (χ1v) is 3.18. The van der Waals surface area contributed by atoms with Crippen molar-refractivity contribution in [2.45, 2.75) is 32.7 Å². The van der Waals surface area contributed by atoms with Crippen molar-refractivity contribution >= 4 is 6.09 Å². The molecule has 0 aliphatic heterocycles. The van der Waals surface area contributed by atoms with E-state index in [0.29, 0.717) is 0 Å². The highest BCUT2D eigenvalue weighted by Gasteiger charge is 2.34. The fourth-order valence-electron chi connectivity index (χ4n) is 0.437. The summed E-state index contributed by atoms with van der Waals surface area (Å²) < 4.78 is 37.3. The Morgan fingerprint density at radius 2 is 1.67 bits per heavy atom. The molecule has 0 rings (SSSR count). The molecular weight excluding hydrogens is 175 g/mol. The van der Waals surface area contributed by atoms with E-state index in [4.69, 9.17) is 0 Å². The van der Waals surface area contributed by atoms with E-state index in [-0.39, 0.29) is 0 Å². The standard InChI is InChI=1S/C6H10F3NO2/c1-5(2,3)10-4(11)12-6(7,8)9/h1-3H3,(H,10,11). The molecule has 6 heteroatoms. The summed E-state index contributed by atoms with van der Waals surface area (Å²) in [6.45, 7) is 4.64. The van der Waals surface area contributed by atoms with E-state index in [9.17, 15) is 18.0 Å². The van der Waals surface area contributed by atoms with E-state index in [1.165, 1.54) is 0 Å². The molecule has 0 aromatic heterocycles. The SMILES string of the molecule is CC(C)(C)NC(=O)OC(F)(F)F. The lowest BCUT2D eigenvalue weighted by Crippen LogP contribution is -2.42. The molecule has 72 valence electrons. The number of carbonyl (C=O) groups is 1. The topological polar surface area (TPSA) is 38.3 Å². The summed E-state index contributed by atoms with van der Waals surface area (Å²) in [5, 5.41) is 1.99. The molecule has 1 amide bonds. The zero-order valence-electron chi connectivity index (χ0n) is 6.95. The van der Waals surface area contributed by atoms with Crippen LogP contribution in [0.5, 0.6) is 0 Å². The van der Waals surface area contributed by atoms with Crippen LogP contribution in [0.3, 0.4) is 0 Å². The lowest BCUT2D eigenvalue weighted by atomic mass is 10.1. The van der Waals surface area contributed by atoms with Crippen LogP contribution in [0.15, 0.2) is 0 Å². The minimum atomic E-state index is -4.92. The molecule has 0 fully saturated rings. The summed E-state index contributed by atoms with van der Waals surface area (Å²) in [5.41, 5.74) is -0.734. The molecule has 0 saturated carbocycles. The van der Waals surface area contributed by atoms with Crippen molar-refractivity contribution in [3.8, 4) is 0 Å². The van der Waals surface area contributed by atoms with Gasteiger partial charge in [-0.2, -0.15) is 0 Å². The molecule has 0 unspecified atom stereocenters. The second-order valence-electron chi connectivity index (χ2n) is 3.21. The Kier molecular flexibility index (Phi) is 2.95. The number of amides is 1. The van der Waals surface area contributed by atoms with Gasteiger partial charge in [-0.15, -0.1) is 13.2 Å². The number of alkyl halides is 3. The molecule has 0 heterocycles. The Labute approximate surface area is 67.9 Å². The third kappa shape index (κ3) is 7.17. The minimum Gasteiger partial charge on any atom is -0.356 e. The van der Waals surface area contributed by atoms with Crippen LogP contribution >= 0.6 is 0 Å². The highest BCUT2D eigenvalue weighted by atomic mass is 19.4. The summed E-state index contributed by atoms with van der Waals surface area (Å²) in [5.74, 6) is 0. The molecule has 0 aliphatic carbocycles. The largest absolute Gasteiger partial charge is 0.576 e. The van der Waals surface area contributed by atoms with Crippen molar-refractivity contribution in [3.05, 3.63) is 0 Å². The lowest BCUT2D eigenvalue weighted by Gasteiger charge is -2.20. The van der Waals surface area contributed by atoms with Gasteiger partial charge in [-0.05, 0) is 20.8 Å². The van der Waals surface area contributed by atoms with E-state index in [1.54, 1.807) is 20.8 Å². The zero-order valence-corrected chi connectivity index (χ0v) is 6.95. The monoisotopic (exact) mass is 185 g/mol. The van der Waals surface area contributed by atoms with Crippen LogP contribution in [0.25, 0.3) is 0 Å². The quantitative estimate of drug-likeness (QED) is 0.627. The van der Waals surface area contributed by atoms with Crippen molar-refractivity contribution < 1.29 is 22.7 Å². The van der Waals surface area contributed by atoms with Crippen LogP contribution in [0.1, 0.15) is 20.8 Å². The number of nitrogens with one attached hydrogen (secondary N) is 1. The second kappa shape index (κ2) is 3.20. The van der Waals surface area contributed by atoms with Gasteiger partial charge in [0.05, 0.1) is 0 Å². The highest BCUT2D eigenvalue weighted by molar-refractivity contribution is 5.68. The maximum atomic E-state index is 11.4. The first-order chi connectivity index (χ1) is 5.10. The van der Waals surface area contributed by atoms with E-state index in [0.717, 1.165) is 0 Å². The maximum absolute atomic E-state index is 11.4. The van der Waals surface area contributed by atoms with Crippen molar-refractivity contribution in [2.24, 2.45) is 0 Å². The Hall–Kier alpha value is -0.940. The lowest BCUT2D eigenvalue weighted by molar-refractivity contribution is -0.291. The maximum Gasteiger partial charge on any atom is 0.576 e. The second-order valence-corrected chi connectivity index (χ2v) is 3.21. The van der Waals surface area contributed by atoms with Gasteiger partial charge in [0.2, 0.25) is 0 Å². The molecule has 3 nitrogen and oxygen atoms in total.